The van der Waals surface area contributed by atoms with Gasteiger partial charge >= 0.3 is 0 Å². The standard InChI is InChI=1S/C20H25N3O3/c1-20(2,3)15-9-11-16(12-10-15)22-19(24)14-26-23-18(21)13-25-17-7-5-4-6-8-17/h4-12H,13-14H2,1-3H3,(H2,21,23)(H,22,24). The van der Waals surface area contributed by atoms with Gasteiger partial charge in [-0.05, 0) is 35.2 Å². The highest BCUT2D eigenvalue weighted by Gasteiger charge is 2.13. The van der Waals surface area contributed by atoms with E-state index in [0.717, 1.165) is 0 Å². The number of ether oxygens (including phenoxy) is 1. The maximum absolute atomic E-state index is 11.9. The highest BCUT2D eigenvalue weighted by atomic mass is 16.6. The minimum atomic E-state index is -0.311. The molecular formula is C20H25N3O3. The fraction of sp³-hybridized carbons (Fsp3) is 0.300. The Labute approximate surface area is 154 Å². The molecular weight excluding hydrogens is 330 g/mol. The molecule has 2 rings (SSSR count). The van der Waals surface area contributed by atoms with Crippen molar-refractivity contribution in [2.24, 2.45) is 10.9 Å². The third-order valence-electron chi connectivity index (χ3n) is 3.54. The lowest BCUT2D eigenvalue weighted by molar-refractivity contribution is -0.120. The van der Waals surface area contributed by atoms with Crippen molar-refractivity contribution in [3.63, 3.8) is 0 Å². The molecule has 6 heteroatoms. The van der Waals surface area contributed by atoms with Crippen molar-refractivity contribution >= 4 is 17.4 Å². The van der Waals surface area contributed by atoms with Crippen molar-refractivity contribution < 1.29 is 14.4 Å². The van der Waals surface area contributed by atoms with E-state index in [1.807, 2.05) is 54.6 Å². The average molecular weight is 355 g/mol. The summed E-state index contributed by atoms with van der Waals surface area (Å²) in [5.74, 6) is 0.521. The van der Waals surface area contributed by atoms with E-state index in [1.165, 1.54) is 5.56 Å². The second-order valence-electron chi connectivity index (χ2n) is 6.83. The molecule has 0 aliphatic heterocycles. The molecule has 0 bridgehead atoms. The Morgan fingerprint density at radius 1 is 1.04 bits per heavy atom. The van der Waals surface area contributed by atoms with E-state index in [-0.39, 0.29) is 30.4 Å². The van der Waals surface area contributed by atoms with Crippen LogP contribution in [-0.2, 0) is 15.0 Å². The first-order valence-corrected chi connectivity index (χ1v) is 8.37. The first-order valence-electron chi connectivity index (χ1n) is 8.37. The van der Waals surface area contributed by atoms with Crippen LogP contribution in [0.1, 0.15) is 26.3 Å². The average Bonchev–Trinajstić information content (AvgIpc) is 2.60. The van der Waals surface area contributed by atoms with E-state index in [0.29, 0.717) is 11.4 Å². The molecule has 3 N–H and O–H groups in total. The van der Waals surface area contributed by atoms with Crippen LogP contribution in [0.4, 0.5) is 5.69 Å². The smallest absolute Gasteiger partial charge is 0.265 e. The summed E-state index contributed by atoms with van der Waals surface area (Å²) in [5.41, 5.74) is 7.66. The van der Waals surface area contributed by atoms with Crippen LogP contribution < -0.4 is 15.8 Å². The number of nitrogens with two attached hydrogens (primary N) is 1. The van der Waals surface area contributed by atoms with E-state index < -0.39 is 0 Å². The van der Waals surface area contributed by atoms with Gasteiger partial charge in [-0.3, -0.25) is 4.79 Å². The molecule has 2 aromatic carbocycles. The number of amidine groups is 1. The molecule has 0 aliphatic carbocycles. The van der Waals surface area contributed by atoms with Gasteiger partial charge in [0, 0.05) is 5.69 Å². The monoisotopic (exact) mass is 355 g/mol. The highest BCUT2D eigenvalue weighted by molar-refractivity contribution is 5.91. The lowest BCUT2D eigenvalue weighted by atomic mass is 9.87. The first-order chi connectivity index (χ1) is 12.3. The van der Waals surface area contributed by atoms with Crippen molar-refractivity contribution in [1.29, 1.82) is 0 Å². The highest BCUT2D eigenvalue weighted by Crippen LogP contribution is 2.23. The fourth-order valence-corrected chi connectivity index (χ4v) is 2.12. The summed E-state index contributed by atoms with van der Waals surface area (Å²) in [4.78, 5) is 16.8. The van der Waals surface area contributed by atoms with Crippen molar-refractivity contribution in [1.82, 2.24) is 0 Å². The van der Waals surface area contributed by atoms with Crippen molar-refractivity contribution in [3.05, 3.63) is 60.2 Å². The van der Waals surface area contributed by atoms with Gasteiger partial charge in [-0.2, -0.15) is 0 Å². The van der Waals surface area contributed by atoms with Crippen LogP contribution >= 0.6 is 0 Å². The summed E-state index contributed by atoms with van der Waals surface area (Å²) in [7, 11) is 0. The SMILES string of the molecule is CC(C)(C)c1ccc(NC(=O)CON=C(N)COc2ccccc2)cc1. The number of benzene rings is 2. The van der Waals surface area contributed by atoms with E-state index in [1.54, 1.807) is 0 Å². The van der Waals surface area contributed by atoms with Crippen LogP contribution in [0.25, 0.3) is 0 Å². The molecule has 0 aromatic heterocycles. The molecule has 1 amide bonds. The number of carbonyl (C=O) groups excluding carboxylic acids is 1. The number of amides is 1. The molecule has 0 atom stereocenters. The van der Waals surface area contributed by atoms with E-state index in [9.17, 15) is 4.79 Å². The zero-order valence-electron chi connectivity index (χ0n) is 15.4. The van der Waals surface area contributed by atoms with Gasteiger partial charge in [-0.25, -0.2) is 0 Å². The molecule has 138 valence electrons. The Hall–Kier alpha value is -3.02. The second-order valence-corrected chi connectivity index (χ2v) is 6.83. The van der Waals surface area contributed by atoms with Gasteiger partial charge in [0.1, 0.15) is 12.4 Å². The molecule has 26 heavy (non-hydrogen) atoms. The van der Waals surface area contributed by atoms with Crippen LogP contribution in [0.5, 0.6) is 5.75 Å². The number of anilines is 1. The second kappa shape index (κ2) is 8.89. The minimum absolute atomic E-state index is 0.0692. The number of para-hydroxylation sites is 1. The van der Waals surface area contributed by atoms with E-state index >= 15 is 0 Å². The number of nitrogens with one attached hydrogen (secondary N) is 1. The van der Waals surface area contributed by atoms with Crippen LogP contribution in [-0.4, -0.2) is 25.0 Å². The van der Waals surface area contributed by atoms with E-state index in [2.05, 4.69) is 31.2 Å². The van der Waals surface area contributed by atoms with Crippen LogP contribution in [0, 0.1) is 0 Å². The van der Waals surface area contributed by atoms with Gasteiger partial charge in [0.05, 0.1) is 0 Å². The molecule has 6 nitrogen and oxygen atoms in total. The summed E-state index contributed by atoms with van der Waals surface area (Å²) in [6.45, 7) is 6.27. The van der Waals surface area contributed by atoms with Gasteiger partial charge in [-0.1, -0.05) is 56.3 Å². The summed E-state index contributed by atoms with van der Waals surface area (Å²) < 4.78 is 5.42. The third-order valence-corrected chi connectivity index (χ3v) is 3.54. The van der Waals surface area contributed by atoms with Gasteiger partial charge in [-0.15, -0.1) is 0 Å². The van der Waals surface area contributed by atoms with Gasteiger partial charge in [0.2, 0.25) is 0 Å². The number of carbonyl (C=O) groups is 1. The van der Waals surface area contributed by atoms with Crippen LogP contribution in [0.3, 0.4) is 0 Å². The van der Waals surface area contributed by atoms with Gasteiger partial charge in [0.15, 0.2) is 12.4 Å². The largest absolute Gasteiger partial charge is 0.486 e. The number of rotatable bonds is 7. The Morgan fingerprint density at radius 2 is 1.69 bits per heavy atom. The van der Waals surface area contributed by atoms with Crippen molar-refractivity contribution in [2.45, 2.75) is 26.2 Å². The maximum atomic E-state index is 11.9. The zero-order chi connectivity index (χ0) is 19.0. The molecule has 0 spiro atoms. The molecule has 0 aliphatic rings. The van der Waals surface area contributed by atoms with Gasteiger partial charge < -0.3 is 20.6 Å². The Morgan fingerprint density at radius 3 is 2.31 bits per heavy atom. The number of hydrogen-bond donors (Lipinski definition) is 2. The quantitative estimate of drug-likeness (QED) is 0.453. The van der Waals surface area contributed by atoms with Crippen LogP contribution in [0.2, 0.25) is 0 Å². The molecule has 2 aromatic rings. The molecule has 0 radical (unpaired) electrons. The predicted molar refractivity (Wildman–Crippen MR) is 103 cm³/mol. The Bertz CT molecular complexity index is 735. The topological polar surface area (TPSA) is 85.9 Å². The summed E-state index contributed by atoms with van der Waals surface area (Å²) in [6.07, 6.45) is 0. The third kappa shape index (κ3) is 6.47. The molecule has 0 fully saturated rings. The maximum Gasteiger partial charge on any atom is 0.265 e. The van der Waals surface area contributed by atoms with Crippen LogP contribution in [0.15, 0.2) is 59.8 Å². The first kappa shape index (κ1) is 19.3. The van der Waals surface area contributed by atoms with Crippen molar-refractivity contribution in [3.8, 4) is 5.75 Å². The minimum Gasteiger partial charge on any atom is -0.486 e. The number of oxime groups is 1. The number of hydrogen-bond acceptors (Lipinski definition) is 4. The summed E-state index contributed by atoms with van der Waals surface area (Å²) in [5, 5.41) is 6.42. The zero-order valence-corrected chi connectivity index (χ0v) is 15.4. The molecule has 0 saturated heterocycles. The Balaban J connectivity index is 1.74. The summed E-state index contributed by atoms with van der Waals surface area (Å²) in [6, 6.07) is 16.9. The predicted octanol–water partition coefficient (Wildman–Crippen LogP) is 3.29. The molecule has 0 saturated carbocycles. The lowest BCUT2D eigenvalue weighted by Gasteiger charge is -2.19. The lowest BCUT2D eigenvalue weighted by Crippen LogP contribution is -2.23. The number of nitrogens with zero attached hydrogens (tertiary/aromatic N) is 1. The normalized spacial score (nSPS) is 11.7. The Kier molecular flexibility index (Phi) is 6.60. The molecule has 0 heterocycles. The fourth-order valence-electron chi connectivity index (χ4n) is 2.12. The van der Waals surface area contributed by atoms with Gasteiger partial charge in [0.25, 0.3) is 5.91 Å². The van der Waals surface area contributed by atoms with E-state index in [4.69, 9.17) is 15.3 Å². The summed E-state index contributed by atoms with van der Waals surface area (Å²) >= 11 is 0. The molecule has 0 unspecified atom stereocenters. The van der Waals surface area contributed by atoms with Crippen molar-refractivity contribution in [2.75, 3.05) is 18.5 Å².